The van der Waals surface area contributed by atoms with E-state index in [1.54, 1.807) is 19.2 Å². The molecule has 3 aromatic rings. The van der Waals surface area contributed by atoms with Gasteiger partial charge in [0.15, 0.2) is 5.69 Å². The SMILES string of the molecule is CC(NC(=O)c1cc(C(F)(F)F)nn1C)c1nc(-c2ccnc(C3CCCC3)c2)no1. The summed E-state index contributed by atoms with van der Waals surface area (Å²) in [6, 6.07) is 3.71. The van der Waals surface area contributed by atoms with Crippen molar-refractivity contribution in [3.8, 4) is 11.4 Å². The minimum absolute atomic E-state index is 0.140. The maximum atomic E-state index is 12.8. The summed E-state index contributed by atoms with van der Waals surface area (Å²) in [4.78, 5) is 21.2. The number of carbonyl (C=O) groups is 1. The molecule has 11 heteroatoms. The number of rotatable bonds is 5. The van der Waals surface area contributed by atoms with Gasteiger partial charge >= 0.3 is 6.18 Å². The summed E-state index contributed by atoms with van der Waals surface area (Å²) in [5, 5.41) is 9.88. The van der Waals surface area contributed by atoms with Crippen molar-refractivity contribution < 1.29 is 22.5 Å². The van der Waals surface area contributed by atoms with Crippen LogP contribution in [0, 0.1) is 0 Å². The first-order valence-corrected chi connectivity index (χ1v) is 9.94. The average Bonchev–Trinajstić information content (AvgIpc) is 3.47. The fraction of sp³-hybridized carbons (Fsp3) is 0.450. The summed E-state index contributed by atoms with van der Waals surface area (Å²) in [5.41, 5.74) is 0.393. The second-order valence-corrected chi connectivity index (χ2v) is 7.64. The topological polar surface area (TPSA) is 98.7 Å². The first-order chi connectivity index (χ1) is 14.7. The highest BCUT2D eigenvalue weighted by Crippen LogP contribution is 2.34. The van der Waals surface area contributed by atoms with E-state index in [9.17, 15) is 18.0 Å². The predicted molar refractivity (Wildman–Crippen MR) is 103 cm³/mol. The van der Waals surface area contributed by atoms with Gasteiger partial charge in [-0.3, -0.25) is 14.5 Å². The molecule has 8 nitrogen and oxygen atoms in total. The number of nitrogens with one attached hydrogen (secondary N) is 1. The van der Waals surface area contributed by atoms with Gasteiger partial charge in [0.25, 0.3) is 5.91 Å². The normalized spacial score (nSPS) is 15.9. The van der Waals surface area contributed by atoms with E-state index in [4.69, 9.17) is 4.52 Å². The molecule has 3 aromatic heterocycles. The number of hydrogen-bond acceptors (Lipinski definition) is 6. The highest BCUT2D eigenvalue weighted by Gasteiger charge is 2.35. The third-order valence-electron chi connectivity index (χ3n) is 5.38. The monoisotopic (exact) mass is 434 g/mol. The molecule has 1 atom stereocenters. The first-order valence-electron chi connectivity index (χ1n) is 9.94. The summed E-state index contributed by atoms with van der Waals surface area (Å²) in [5.74, 6) is 0.202. The van der Waals surface area contributed by atoms with Gasteiger partial charge in [0.05, 0.1) is 0 Å². The molecule has 0 radical (unpaired) electrons. The van der Waals surface area contributed by atoms with Gasteiger partial charge in [0.1, 0.15) is 11.7 Å². The summed E-state index contributed by atoms with van der Waals surface area (Å²) in [7, 11) is 1.27. The average molecular weight is 434 g/mol. The van der Waals surface area contributed by atoms with Crippen LogP contribution in [0.4, 0.5) is 13.2 Å². The third-order valence-corrected chi connectivity index (χ3v) is 5.38. The lowest BCUT2D eigenvalue weighted by Gasteiger charge is -2.09. The van der Waals surface area contributed by atoms with E-state index in [0.717, 1.165) is 28.8 Å². The zero-order valence-electron chi connectivity index (χ0n) is 17.0. The number of carbonyl (C=O) groups excluding carboxylic acids is 1. The van der Waals surface area contributed by atoms with Crippen LogP contribution in [0.25, 0.3) is 11.4 Å². The van der Waals surface area contributed by atoms with Gasteiger partial charge < -0.3 is 9.84 Å². The molecule has 1 aliphatic rings. The Bertz CT molecular complexity index is 1080. The lowest BCUT2D eigenvalue weighted by molar-refractivity contribution is -0.141. The minimum atomic E-state index is -4.63. The van der Waals surface area contributed by atoms with Gasteiger partial charge in [0.2, 0.25) is 11.7 Å². The number of aromatic nitrogens is 5. The molecule has 0 saturated heterocycles. The lowest BCUT2D eigenvalue weighted by atomic mass is 10.0. The molecule has 4 rings (SSSR count). The summed E-state index contributed by atoms with van der Waals surface area (Å²) >= 11 is 0. The van der Waals surface area contributed by atoms with Crippen LogP contribution in [0.5, 0.6) is 0 Å². The van der Waals surface area contributed by atoms with Crippen LogP contribution in [0.15, 0.2) is 28.9 Å². The molecule has 1 fully saturated rings. The fourth-order valence-corrected chi connectivity index (χ4v) is 3.71. The van der Waals surface area contributed by atoms with E-state index in [1.165, 1.54) is 19.9 Å². The van der Waals surface area contributed by atoms with Crippen molar-refractivity contribution in [2.24, 2.45) is 7.05 Å². The van der Waals surface area contributed by atoms with Crippen molar-refractivity contribution in [3.63, 3.8) is 0 Å². The number of halogens is 3. The molecule has 1 saturated carbocycles. The molecular formula is C20H21F3N6O2. The largest absolute Gasteiger partial charge is 0.435 e. The molecule has 1 aliphatic carbocycles. The highest BCUT2D eigenvalue weighted by molar-refractivity contribution is 5.92. The number of hydrogen-bond donors (Lipinski definition) is 1. The van der Waals surface area contributed by atoms with Crippen LogP contribution in [0.3, 0.4) is 0 Å². The molecule has 0 aliphatic heterocycles. The Morgan fingerprint density at radius 1 is 1.29 bits per heavy atom. The molecule has 31 heavy (non-hydrogen) atoms. The fourth-order valence-electron chi connectivity index (χ4n) is 3.71. The smallest absolute Gasteiger partial charge is 0.339 e. The van der Waals surface area contributed by atoms with Crippen molar-refractivity contribution in [1.82, 2.24) is 30.2 Å². The van der Waals surface area contributed by atoms with Crippen LogP contribution in [0.2, 0.25) is 0 Å². The maximum Gasteiger partial charge on any atom is 0.435 e. The predicted octanol–water partition coefficient (Wildman–Crippen LogP) is 4.03. The Morgan fingerprint density at radius 2 is 2.03 bits per heavy atom. The number of amides is 1. The third kappa shape index (κ3) is 4.44. The molecule has 0 spiro atoms. The van der Waals surface area contributed by atoms with Gasteiger partial charge in [-0.05, 0) is 31.9 Å². The molecule has 1 N–H and O–H groups in total. The van der Waals surface area contributed by atoms with Crippen LogP contribution in [0.1, 0.15) is 72.3 Å². The zero-order valence-corrected chi connectivity index (χ0v) is 17.0. The number of pyridine rings is 1. The Morgan fingerprint density at radius 3 is 2.71 bits per heavy atom. The van der Waals surface area contributed by atoms with Crippen LogP contribution >= 0.6 is 0 Å². The van der Waals surface area contributed by atoms with E-state index in [1.807, 2.05) is 6.07 Å². The molecule has 0 bridgehead atoms. The van der Waals surface area contributed by atoms with E-state index in [0.29, 0.717) is 17.8 Å². The minimum Gasteiger partial charge on any atom is -0.339 e. The van der Waals surface area contributed by atoms with Gasteiger partial charge in [-0.15, -0.1) is 0 Å². The Labute approximate surface area is 175 Å². The van der Waals surface area contributed by atoms with Crippen molar-refractivity contribution in [1.29, 1.82) is 0 Å². The Kier molecular flexibility index (Phi) is 5.50. The van der Waals surface area contributed by atoms with E-state index in [-0.39, 0.29) is 11.6 Å². The second kappa shape index (κ2) is 8.12. The number of nitrogens with zero attached hydrogens (tertiary/aromatic N) is 5. The van der Waals surface area contributed by atoms with Crippen molar-refractivity contribution in [2.75, 3.05) is 0 Å². The second-order valence-electron chi connectivity index (χ2n) is 7.64. The summed E-state index contributed by atoms with van der Waals surface area (Å²) in [6.45, 7) is 1.60. The van der Waals surface area contributed by atoms with Crippen molar-refractivity contribution in [3.05, 3.63) is 47.4 Å². The quantitative estimate of drug-likeness (QED) is 0.651. The molecule has 164 valence electrons. The summed E-state index contributed by atoms with van der Waals surface area (Å²) < 4.78 is 44.6. The summed E-state index contributed by atoms with van der Waals surface area (Å²) in [6.07, 6.45) is 1.70. The van der Waals surface area contributed by atoms with Crippen LogP contribution in [-0.4, -0.2) is 30.8 Å². The standard InChI is InChI=1S/C20H21F3N6O2/c1-11(25-18(30)15-10-16(20(21,22)23)27-29(15)2)19-26-17(28-31-19)13-7-8-24-14(9-13)12-5-3-4-6-12/h7-12H,3-6H2,1-2H3,(H,25,30). The van der Waals surface area contributed by atoms with E-state index >= 15 is 0 Å². The molecule has 3 heterocycles. The van der Waals surface area contributed by atoms with E-state index in [2.05, 4.69) is 25.5 Å². The number of aryl methyl sites for hydroxylation is 1. The molecule has 1 amide bonds. The van der Waals surface area contributed by atoms with E-state index < -0.39 is 23.8 Å². The van der Waals surface area contributed by atoms with Crippen molar-refractivity contribution >= 4 is 5.91 Å². The molecule has 0 aromatic carbocycles. The van der Waals surface area contributed by atoms with Gasteiger partial charge in [-0.2, -0.15) is 23.3 Å². The van der Waals surface area contributed by atoms with Gasteiger partial charge in [0, 0.05) is 36.5 Å². The van der Waals surface area contributed by atoms with Gasteiger partial charge in [-0.25, -0.2) is 0 Å². The Balaban J connectivity index is 1.47. The van der Waals surface area contributed by atoms with Crippen LogP contribution < -0.4 is 5.32 Å². The zero-order chi connectivity index (χ0) is 22.2. The highest BCUT2D eigenvalue weighted by atomic mass is 19.4. The molecule has 1 unspecified atom stereocenters. The Hall–Kier alpha value is -3.24. The maximum absolute atomic E-state index is 12.8. The van der Waals surface area contributed by atoms with Crippen molar-refractivity contribution in [2.45, 2.75) is 50.7 Å². The first kappa shape index (κ1) is 21.0. The van der Waals surface area contributed by atoms with Gasteiger partial charge in [-0.1, -0.05) is 18.0 Å². The lowest BCUT2D eigenvalue weighted by Crippen LogP contribution is -2.28. The molecular weight excluding hydrogens is 413 g/mol. The number of alkyl halides is 3. The van der Waals surface area contributed by atoms with Crippen LogP contribution in [-0.2, 0) is 13.2 Å².